The molecule has 0 aliphatic carbocycles. The van der Waals surface area contributed by atoms with Gasteiger partial charge in [0.15, 0.2) is 0 Å². The van der Waals surface area contributed by atoms with Crippen LogP contribution in [0, 0.1) is 0 Å². The maximum atomic E-state index is 4.94. The lowest BCUT2D eigenvalue weighted by atomic mass is 10.2. The number of para-hydroxylation sites is 3. The summed E-state index contributed by atoms with van der Waals surface area (Å²) in [4.78, 5) is 9.67. The minimum Gasteiger partial charge on any atom is -0.307 e. The van der Waals surface area contributed by atoms with E-state index in [1.165, 1.54) is 10.9 Å². The van der Waals surface area contributed by atoms with Gasteiger partial charge in [0, 0.05) is 34.5 Å². The topological polar surface area (TPSA) is 35.6 Å². The fraction of sp³-hybridized carbons (Fsp3) is 0. The van der Waals surface area contributed by atoms with Gasteiger partial charge in [0.1, 0.15) is 11.0 Å². The summed E-state index contributed by atoms with van der Waals surface area (Å²) < 4.78 is 4.65. The Morgan fingerprint density at radius 1 is 0.469 bits per heavy atom. The fourth-order valence-electron chi connectivity index (χ4n) is 4.89. The smallest absolute Gasteiger partial charge is 0.117 e. The molecule has 4 heterocycles. The quantitative estimate of drug-likeness (QED) is 0.319. The lowest BCUT2D eigenvalue weighted by molar-refractivity contribution is 1.14. The molecule has 32 heavy (non-hydrogen) atoms. The van der Waals surface area contributed by atoms with Gasteiger partial charge in [-0.1, -0.05) is 54.6 Å². The number of fused-ring (bicyclic) bond motifs is 7. The highest BCUT2D eigenvalue weighted by molar-refractivity contribution is 6.21. The number of nitrogens with zero attached hydrogens (tertiary/aromatic N) is 4. The van der Waals surface area contributed by atoms with Crippen molar-refractivity contribution in [3.63, 3.8) is 0 Å². The van der Waals surface area contributed by atoms with Crippen molar-refractivity contribution in [2.24, 2.45) is 0 Å². The van der Waals surface area contributed by atoms with Crippen molar-refractivity contribution in [2.45, 2.75) is 0 Å². The number of hydrogen-bond donors (Lipinski definition) is 0. The zero-order chi connectivity index (χ0) is 21.1. The Kier molecular flexibility index (Phi) is 3.52. The van der Waals surface area contributed by atoms with Crippen molar-refractivity contribution in [2.75, 3.05) is 0 Å². The van der Waals surface area contributed by atoms with Gasteiger partial charge in [-0.15, -0.1) is 0 Å². The first-order chi connectivity index (χ1) is 15.9. The Morgan fingerprint density at radius 2 is 1.09 bits per heavy atom. The molecular formula is C28H18N4. The third-order valence-corrected chi connectivity index (χ3v) is 6.19. The number of aromatic nitrogens is 4. The molecule has 0 spiro atoms. The molecule has 0 saturated carbocycles. The van der Waals surface area contributed by atoms with Crippen LogP contribution in [0.4, 0.5) is 0 Å². The molecule has 0 saturated heterocycles. The molecular weight excluding hydrogens is 392 g/mol. The van der Waals surface area contributed by atoms with E-state index in [4.69, 9.17) is 9.97 Å². The molecule has 0 aliphatic rings. The van der Waals surface area contributed by atoms with Crippen LogP contribution in [0.25, 0.3) is 55.2 Å². The predicted octanol–water partition coefficient (Wildman–Crippen LogP) is 6.67. The first-order valence-corrected chi connectivity index (χ1v) is 10.7. The average molecular weight is 410 g/mol. The van der Waals surface area contributed by atoms with E-state index in [-0.39, 0.29) is 0 Å². The van der Waals surface area contributed by atoms with Crippen molar-refractivity contribution >= 4 is 43.9 Å². The van der Waals surface area contributed by atoms with Crippen molar-refractivity contribution in [1.29, 1.82) is 0 Å². The van der Waals surface area contributed by atoms with Crippen molar-refractivity contribution in [3.8, 4) is 11.4 Å². The molecule has 150 valence electrons. The largest absolute Gasteiger partial charge is 0.307 e. The van der Waals surface area contributed by atoms with Crippen LogP contribution in [0.5, 0.6) is 0 Å². The standard InChI is InChI=1S/C28H18N4/c1-3-10-19(11-4-1)31-23-15-8-7-14-21(23)22-18-30-26-25-24(16-9-17-29-25)32(28(26)27(22)31)20-12-5-2-6-13-20/h1-18H. The fourth-order valence-corrected chi connectivity index (χ4v) is 4.89. The highest BCUT2D eigenvalue weighted by Gasteiger charge is 2.22. The predicted molar refractivity (Wildman–Crippen MR) is 131 cm³/mol. The van der Waals surface area contributed by atoms with Crippen molar-refractivity contribution in [1.82, 2.24) is 19.1 Å². The van der Waals surface area contributed by atoms with Crippen LogP contribution >= 0.6 is 0 Å². The maximum absolute atomic E-state index is 4.94. The van der Waals surface area contributed by atoms with Gasteiger partial charge in [-0.2, -0.15) is 0 Å². The number of benzene rings is 3. The molecule has 3 aromatic carbocycles. The number of pyridine rings is 2. The first kappa shape index (κ1) is 17.3. The van der Waals surface area contributed by atoms with Crippen LogP contribution in [0.1, 0.15) is 0 Å². The van der Waals surface area contributed by atoms with E-state index in [1.54, 1.807) is 0 Å². The second kappa shape index (κ2) is 6.53. The summed E-state index contributed by atoms with van der Waals surface area (Å²) in [6.45, 7) is 0. The van der Waals surface area contributed by atoms with E-state index < -0.39 is 0 Å². The molecule has 7 rings (SSSR count). The Balaban J connectivity index is 1.81. The molecule has 4 heteroatoms. The van der Waals surface area contributed by atoms with Gasteiger partial charge in [-0.05, 0) is 42.5 Å². The zero-order valence-electron chi connectivity index (χ0n) is 17.2. The molecule has 0 N–H and O–H groups in total. The molecule has 0 amide bonds. The Morgan fingerprint density at radius 3 is 1.84 bits per heavy atom. The third kappa shape index (κ3) is 2.26. The second-order valence-electron chi connectivity index (χ2n) is 7.95. The molecule has 0 aliphatic heterocycles. The van der Waals surface area contributed by atoms with E-state index in [9.17, 15) is 0 Å². The van der Waals surface area contributed by atoms with Crippen molar-refractivity contribution < 1.29 is 0 Å². The molecule has 0 unspecified atom stereocenters. The Hall–Kier alpha value is -4.44. The van der Waals surface area contributed by atoms with E-state index >= 15 is 0 Å². The average Bonchev–Trinajstić information content (AvgIpc) is 3.38. The van der Waals surface area contributed by atoms with E-state index in [0.717, 1.165) is 44.3 Å². The lowest BCUT2D eigenvalue weighted by Crippen LogP contribution is -1.98. The molecule has 0 fully saturated rings. The SMILES string of the molecule is c1ccc(-n2c3ccccc3c3cnc4c5ncccc5n(-c5ccccc5)c4c32)cc1. The van der Waals surface area contributed by atoms with Crippen LogP contribution < -0.4 is 0 Å². The molecule has 0 bridgehead atoms. The minimum absolute atomic E-state index is 0.914. The Bertz CT molecular complexity index is 1630. The molecule has 7 aromatic rings. The van der Waals surface area contributed by atoms with Crippen molar-refractivity contribution in [3.05, 3.63) is 109 Å². The summed E-state index contributed by atoms with van der Waals surface area (Å²) in [5.74, 6) is 0. The van der Waals surface area contributed by atoms with Gasteiger partial charge in [-0.25, -0.2) is 0 Å². The van der Waals surface area contributed by atoms with Crippen LogP contribution in [0.2, 0.25) is 0 Å². The Labute approximate surface area is 184 Å². The number of hydrogen-bond acceptors (Lipinski definition) is 2. The van der Waals surface area contributed by atoms with Crippen LogP contribution in [0.3, 0.4) is 0 Å². The van der Waals surface area contributed by atoms with Gasteiger partial charge < -0.3 is 9.13 Å². The summed E-state index contributed by atoms with van der Waals surface area (Å²) in [6.07, 6.45) is 3.85. The molecule has 0 radical (unpaired) electrons. The van der Waals surface area contributed by atoms with Crippen LogP contribution in [-0.4, -0.2) is 19.1 Å². The summed E-state index contributed by atoms with van der Waals surface area (Å²) in [7, 11) is 0. The van der Waals surface area contributed by atoms with Gasteiger partial charge in [0.25, 0.3) is 0 Å². The minimum atomic E-state index is 0.914. The monoisotopic (exact) mass is 410 g/mol. The van der Waals surface area contributed by atoms with Crippen LogP contribution in [0.15, 0.2) is 109 Å². The summed E-state index contributed by atoms with van der Waals surface area (Å²) in [5.41, 5.74) is 8.49. The van der Waals surface area contributed by atoms with Crippen LogP contribution in [-0.2, 0) is 0 Å². The number of rotatable bonds is 2. The highest BCUT2D eigenvalue weighted by atomic mass is 15.1. The lowest BCUT2D eigenvalue weighted by Gasteiger charge is -2.11. The maximum Gasteiger partial charge on any atom is 0.117 e. The van der Waals surface area contributed by atoms with Gasteiger partial charge in [0.2, 0.25) is 0 Å². The summed E-state index contributed by atoms with van der Waals surface area (Å²) >= 11 is 0. The van der Waals surface area contributed by atoms with E-state index in [0.29, 0.717) is 0 Å². The van der Waals surface area contributed by atoms with E-state index in [1.807, 2.05) is 24.5 Å². The summed E-state index contributed by atoms with van der Waals surface area (Å²) in [5, 5.41) is 2.33. The highest BCUT2D eigenvalue weighted by Crippen LogP contribution is 2.39. The van der Waals surface area contributed by atoms with Gasteiger partial charge >= 0.3 is 0 Å². The third-order valence-electron chi connectivity index (χ3n) is 6.19. The van der Waals surface area contributed by atoms with Gasteiger partial charge in [0.05, 0.1) is 22.1 Å². The second-order valence-corrected chi connectivity index (χ2v) is 7.95. The normalized spacial score (nSPS) is 11.8. The zero-order valence-corrected chi connectivity index (χ0v) is 17.2. The first-order valence-electron chi connectivity index (χ1n) is 10.7. The summed E-state index contributed by atoms with van der Waals surface area (Å²) in [6, 6.07) is 33.7. The van der Waals surface area contributed by atoms with E-state index in [2.05, 4.69) is 94.1 Å². The van der Waals surface area contributed by atoms with Gasteiger partial charge in [-0.3, -0.25) is 9.97 Å². The molecule has 4 aromatic heterocycles. The molecule has 4 nitrogen and oxygen atoms in total. The molecule has 0 atom stereocenters.